The van der Waals surface area contributed by atoms with Gasteiger partial charge in [0.25, 0.3) is 0 Å². The molecule has 0 aliphatic heterocycles. The van der Waals surface area contributed by atoms with Crippen molar-refractivity contribution in [1.29, 1.82) is 0 Å². The van der Waals surface area contributed by atoms with Gasteiger partial charge in [0, 0.05) is 12.6 Å². The van der Waals surface area contributed by atoms with E-state index in [1.54, 1.807) is 58.2 Å². The number of primary amides is 1. The number of nitrogens with zero attached hydrogens (tertiary/aromatic N) is 1. The van der Waals surface area contributed by atoms with Gasteiger partial charge in [0.05, 0.1) is 5.41 Å². The largest absolute Gasteiger partial charge is 0.443 e. The van der Waals surface area contributed by atoms with E-state index < -0.39 is 17.1 Å². The molecule has 0 saturated carbocycles. The Balaban J connectivity index is 2.37. The molecule has 0 aliphatic carbocycles. The number of aromatic nitrogens is 1. The summed E-state index contributed by atoms with van der Waals surface area (Å²) >= 11 is 0. The number of hydrogen-bond donors (Lipinski definition) is 1. The molecule has 138 valence electrons. The second kappa shape index (κ2) is 7.23. The van der Waals surface area contributed by atoms with Crippen LogP contribution in [0.1, 0.15) is 49.3 Å². The molecule has 2 rings (SSSR count). The molecule has 5 nitrogen and oxygen atoms in total. The van der Waals surface area contributed by atoms with Crippen molar-refractivity contribution in [2.24, 2.45) is 5.73 Å². The van der Waals surface area contributed by atoms with E-state index in [0.29, 0.717) is 16.8 Å². The first kappa shape index (κ1) is 19.6. The van der Waals surface area contributed by atoms with Gasteiger partial charge in [-0.05, 0) is 57.0 Å². The Morgan fingerprint density at radius 3 is 2.31 bits per heavy atom. The maximum absolute atomic E-state index is 13.2. The second-order valence-electron chi connectivity index (χ2n) is 7.33. The Morgan fingerprint density at radius 1 is 1.12 bits per heavy atom. The van der Waals surface area contributed by atoms with Crippen LogP contribution in [0.25, 0.3) is 0 Å². The first-order valence-corrected chi connectivity index (χ1v) is 8.26. The van der Waals surface area contributed by atoms with E-state index in [0.717, 1.165) is 0 Å². The number of ether oxygens (including phenoxy) is 1. The number of benzene rings is 1. The molecule has 0 saturated heterocycles. The zero-order chi connectivity index (χ0) is 19.5. The van der Waals surface area contributed by atoms with Crippen molar-refractivity contribution in [3.63, 3.8) is 0 Å². The molecule has 1 aromatic heterocycles. The molecule has 1 heterocycles. The van der Waals surface area contributed by atoms with Crippen LogP contribution in [0.3, 0.4) is 0 Å². The summed E-state index contributed by atoms with van der Waals surface area (Å²) in [6, 6.07) is 9.33. The molecule has 2 N–H and O–H groups in total. The standard InChI is InChI=1S/C20H23FN2O3/c1-19(2,26-18(22)25)12-13-6-5-11-23-16(13)17(24)20(3,4)14-7-9-15(21)10-8-14/h5-11H,12H2,1-4H3,(H2,22,25). The Labute approximate surface area is 152 Å². The van der Waals surface area contributed by atoms with Gasteiger partial charge < -0.3 is 10.5 Å². The molecule has 0 spiro atoms. The molecule has 0 unspecified atom stereocenters. The zero-order valence-corrected chi connectivity index (χ0v) is 15.4. The van der Waals surface area contributed by atoms with Crippen molar-refractivity contribution < 1.29 is 18.7 Å². The molecule has 0 bridgehead atoms. The Kier molecular flexibility index (Phi) is 5.44. The fourth-order valence-electron chi connectivity index (χ4n) is 2.85. The van der Waals surface area contributed by atoms with Crippen molar-refractivity contribution in [2.75, 3.05) is 0 Å². The number of amides is 1. The van der Waals surface area contributed by atoms with Crippen LogP contribution < -0.4 is 5.73 Å². The Morgan fingerprint density at radius 2 is 1.73 bits per heavy atom. The van der Waals surface area contributed by atoms with Crippen molar-refractivity contribution >= 4 is 11.9 Å². The molecule has 0 radical (unpaired) electrons. The molecule has 0 aliphatic rings. The van der Waals surface area contributed by atoms with Gasteiger partial charge >= 0.3 is 6.09 Å². The summed E-state index contributed by atoms with van der Waals surface area (Å²) in [6.45, 7) is 6.96. The highest BCUT2D eigenvalue weighted by Crippen LogP contribution is 2.29. The van der Waals surface area contributed by atoms with Gasteiger partial charge in [0.15, 0.2) is 5.78 Å². The summed E-state index contributed by atoms with van der Waals surface area (Å²) < 4.78 is 18.3. The molecular weight excluding hydrogens is 335 g/mol. The maximum Gasteiger partial charge on any atom is 0.405 e. The van der Waals surface area contributed by atoms with Gasteiger partial charge in [0.2, 0.25) is 0 Å². The number of carbonyl (C=O) groups is 2. The van der Waals surface area contributed by atoms with Crippen molar-refractivity contribution in [1.82, 2.24) is 4.98 Å². The third-order valence-electron chi connectivity index (χ3n) is 4.23. The summed E-state index contributed by atoms with van der Waals surface area (Å²) in [5, 5.41) is 0. The van der Waals surface area contributed by atoms with Gasteiger partial charge in [-0.1, -0.05) is 18.2 Å². The average molecular weight is 358 g/mol. The van der Waals surface area contributed by atoms with Crippen LogP contribution in [0.15, 0.2) is 42.6 Å². The van der Waals surface area contributed by atoms with E-state index in [9.17, 15) is 14.0 Å². The SMILES string of the molecule is CC(C)(Cc1cccnc1C(=O)C(C)(C)c1ccc(F)cc1)OC(N)=O. The highest BCUT2D eigenvalue weighted by molar-refractivity contribution is 6.03. The maximum atomic E-state index is 13.2. The number of nitrogens with two attached hydrogens (primary N) is 1. The number of ketones is 1. The predicted octanol–water partition coefficient (Wildman–Crippen LogP) is 3.80. The van der Waals surface area contributed by atoms with Crippen LogP contribution >= 0.6 is 0 Å². The normalized spacial score (nSPS) is 11.9. The number of rotatable bonds is 6. The van der Waals surface area contributed by atoms with Crippen LogP contribution in [0.2, 0.25) is 0 Å². The van der Waals surface area contributed by atoms with Gasteiger partial charge in [-0.25, -0.2) is 9.18 Å². The predicted molar refractivity (Wildman–Crippen MR) is 96.4 cm³/mol. The fourth-order valence-corrected chi connectivity index (χ4v) is 2.85. The number of Topliss-reactive ketones (excluding diaryl/α,β-unsaturated/α-hetero) is 1. The van der Waals surface area contributed by atoms with Crippen LogP contribution in [-0.2, 0) is 16.6 Å². The highest BCUT2D eigenvalue weighted by Gasteiger charge is 2.34. The van der Waals surface area contributed by atoms with Crippen LogP contribution in [-0.4, -0.2) is 22.5 Å². The van der Waals surface area contributed by atoms with Gasteiger partial charge in [-0.15, -0.1) is 0 Å². The average Bonchev–Trinajstić information content (AvgIpc) is 2.53. The summed E-state index contributed by atoms with van der Waals surface area (Å²) in [5.41, 5.74) is 4.97. The minimum atomic E-state index is -0.897. The fraction of sp³-hybridized carbons (Fsp3) is 0.350. The van der Waals surface area contributed by atoms with E-state index in [1.165, 1.54) is 12.1 Å². The number of hydrogen-bond acceptors (Lipinski definition) is 4. The van der Waals surface area contributed by atoms with E-state index in [-0.39, 0.29) is 18.0 Å². The summed E-state index contributed by atoms with van der Waals surface area (Å²) in [4.78, 5) is 28.5. The van der Waals surface area contributed by atoms with E-state index in [1.807, 2.05) is 0 Å². The van der Waals surface area contributed by atoms with E-state index in [4.69, 9.17) is 10.5 Å². The molecule has 6 heteroatoms. The van der Waals surface area contributed by atoms with Gasteiger partial charge in [-0.2, -0.15) is 0 Å². The van der Waals surface area contributed by atoms with Crippen LogP contribution in [0, 0.1) is 5.82 Å². The van der Waals surface area contributed by atoms with E-state index in [2.05, 4.69) is 4.98 Å². The van der Waals surface area contributed by atoms with Crippen LogP contribution in [0.5, 0.6) is 0 Å². The molecule has 0 atom stereocenters. The number of carbonyl (C=O) groups excluding carboxylic acids is 2. The minimum Gasteiger partial charge on any atom is -0.443 e. The summed E-state index contributed by atoms with van der Waals surface area (Å²) in [6.07, 6.45) is 0.947. The van der Waals surface area contributed by atoms with E-state index >= 15 is 0 Å². The quantitative estimate of drug-likeness (QED) is 0.796. The molecule has 0 fully saturated rings. The number of pyridine rings is 1. The third kappa shape index (κ3) is 4.45. The lowest BCUT2D eigenvalue weighted by atomic mass is 9.78. The lowest BCUT2D eigenvalue weighted by Gasteiger charge is -2.27. The Bertz CT molecular complexity index is 814. The minimum absolute atomic E-state index is 0.199. The van der Waals surface area contributed by atoms with Gasteiger partial charge in [0.1, 0.15) is 17.1 Å². The van der Waals surface area contributed by atoms with Crippen molar-refractivity contribution in [2.45, 2.75) is 45.1 Å². The van der Waals surface area contributed by atoms with Crippen molar-refractivity contribution in [3.05, 3.63) is 65.2 Å². The molecular formula is C20H23FN2O3. The molecule has 1 aromatic carbocycles. The molecule has 2 aromatic rings. The lowest BCUT2D eigenvalue weighted by Crippen LogP contribution is -2.35. The first-order valence-electron chi connectivity index (χ1n) is 8.26. The monoisotopic (exact) mass is 358 g/mol. The molecule has 1 amide bonds. The Hall–Kier alpha value is -2.76. The smallest absolute Gasteiger partial charge is 0.405 e. The number of halogens is 1. The highest BCUT2D eigenvalue weighted by atomic mass is 19.1. The van der Waals surface area contributed by atoms with Crippen LogP contribution in [0.4, 0.5) is 9.18 Å². The summed E-state index contributed by atoms with van der Waals surface area (Å²) in [5.74, 6) is -0.560. The summed E-state index contributed by atoms with van der Waals surface area (Å²) in [7, 11) is 0. The zero-order valence-electron chi connectivity index (χ0n) is 15.4. The topological polar surface area (TPSA) is 82.3 Å². The second-order valence-corrected chi connectivity index (χ2v) is 7.33. The van der Waals surface area contributed by atoms with Crippen molar-refractivity contribution in [3.8, 4) is 0 Å². The first-order chi connectivity index (χ1) is 12.0. The third-order valence-corrected chi connectivity index (χ3v) is 4.23. The van der Waals surface area contributed by atoms with Gasteiger partial charge in [-0.3, -0.25) is 9.78 Å². The lowest BCUT2D eigenvalue weighted by molar-refractivity contribution is 0.0458. The molecule has 26 heavy (non-hydrogen) atoms.